The first kappa shape index (κ1) is 21.4. The number of nitrogens with zero attached hydrogens (tertiary/aromatic N) is 2. The number of piperazine rings is 1. The van der Waals surface area contributed by atoms with Crippen LogP contribution in [-0.2, 0) is 9.59 Å². The summed E-state index contributed by atoms with van der Waals surface area (Å²) in [4.78, 5) is 42.6. The Kier molecular flexibility index (Phi) is 7.82. The highest BCUT2D eigenvalue weighted by molar-refractivity contribution is 6.39. The van der Waals surface area contributed by atoms with Crippen molar-refractivity contribution in [1.29, 1.82) is 0 Å². The lowest BCUT2D eigenvalue weighted by molar-refractivity contribution is -0.136. The molecule has 0 saturated carbocycles. The fraction of sp³-hybridized carbons (Fsp3) is 0.273. The molecule has 3 N–H and O–H groups in total. The van der Waals surface area contributed by atoms with E-state index < -0.39 is 11.8 Å². The summed E-state index contributed by atoms with van der Waals surface area (Å²) < 4.78 is 0. The van der Waals surface area contributed by atoms with Gasteiger partial charge in [-0.15, -0.1) is 0 Å². The Morgan fingerprint density at radius 1 is 1.03 bits per heavy atom. The molecule has 2 aromatic rings. The third kappa shape index (κ3) is 6.61. The minimum Gasteiger partial charge on any atom is -0.347 e. The molecule has 0 atom stereocenters. The highest BCUT2D eigenvalue weighted by Crippen LogP contribution is 2.11. The van der Waals surface area contributed by atoms with Gasteiger partial charge in [0.05, 0.1) is 5.69 Å². The van der Waals surface area contributed by atoms with Gasteiger partial charge in [-0.1, -0.05) is 6.07 Å². The van der Waals surface area contributed by atoms with Gasteiger partial charge in [0.2, 0.25) is 0 Å². The molecule has 3 rings (SSSR count). The number of hydrogen-bond donors (Lipinski definition) is 3. The maximum atomic E-state index is 12.2. The van der Waals surface area contributed by atoms with Gasteiger partial charge in [0.25, 0.3) is 0 Å². The summed E-state index contributed by atoms with van der Waals surface area (Å²) in [7, 11) is 0. The molecule has 1 aliphatic rings. The highest BCUT2D eigenvalue weighted by Gasteiger charge is 2.15. The number of nitrogens with one attached hydrogen (secondary N) is 3. The van der Waals surface area contributed by atoms with E-state index in [-0.39, 0.29) is 5.78 Å². The normalized spacial score (nSPS) is 14.4. The maximum Gasteiger partial charge on any atom is 0.313 e. The Labute approximate surface area is 175 Å². The van der Waals surface area contributed by atoms with Crippen LogP contribution >= 0.6 is 0 Å². The third-order valence-corrected chi connectivity index (χ3v) is 4.65. The average Bonchev–Trinajstić information content (AvgIpc) is 2.79. The zero-order chi connectivity index (χ0) is 21.2. The standard InChI is InChI=1S/C22H25N5O3/c28-20(9-8-18-3-1-2-10-24-18)17-4-6-19(7-5-17)26-22(30)21(29)25-13-16-27-14-11-23-12-15-27/h1-10,23H,11-16H2,(H,25,29)(H,26,30). The molecule has 2 heterocycles. The second-order valence-electron chi connectivity index (χ2n) is 6.83. The quantitative estimate of drug-likeness (QED) is 0.359. The van der Waals surface area contributed by atoms with Gasteiger partial charge < -0.3 is 16.0 Å². The van der Waals surface area contributed by atoms with Crippen molar-refractivity contribution in [3.05, 3.63) is 66.0 Å². The molecule has 1 aromatic heterocycles. The van der Waals surface area contributed by atoms with Crippen molar-refractivity contribution in [2.24, 2.45) is 0 Å². The van der Waals surface area contributed by atoms with Crippen LogP contribution in [0.3, 0.4) is 0 Å². The van der Waals surface area contributed by atoms with Crippen molar-refractivity contribution < 1.29 is 14.4 Å². The van der Waals surface area contributed by atoms with E-state index in [4.69, 9.17) is 0 Å². The van der Waals surface area contributed by atoms with Crippen LogP contribution < -0.4 is 16.0 Å². The number of carbonyl (C=O) groups is 3. The first-order valence-electron chi connectivity index (χ1n) is 9.87. The van der Waals surface area contributed by atoms with Crippen LogP contribution in [0.2, 0.25) is 0 Å². The number of carbonyl (C=O) groups excluding carboxylic acids is 3. The lowest BCUT2D eigenvalue weighted by Crippen LogP contribution is -2.47. The molecule has 1 fully saturated rings. The molecule has 0 unspecified atom stereocenters. The number of amides is 2. The lowest BCUT2D eigenvalue weighted by Gasteiger charge is -2.26. The maximum absolute atomic E-state index is 12.2. The first-order valence-corrected chi connectivity index (χ1v) is 9.87. The molecule has 2 amide bonds. The SMILES string of the molecule is O=C(NCCN1CCNCC1)C(=O)Nc1ccc(C(=O)C=Cc2ccccn2)cc1. The smallest absolute Gasteiger partial charge is 0.313 e. The minimum absolute atomic E-state index is 0.177. The van der Waals surface area contributed by atoms with E-state index in [1.54, 1.807) is 48.7 Å². The Hall–Kier alpha value is -3.36. The summed E-state index contributed by atoms with van der Waals surface area (Å²) in [6.07, 6.45) is 4.74. The van der Waals surface area contributed by atoms with Crippen molar-refractivity contribution >= 4 is 29.4 Å². The topological polar surface area (TPSA) is 103 Å². The molecular weight excluding hydrogens is 382 g/mol. The molecule has 30 heavy (non-hydrogen) atoms. The van der Waals surface area contributed by atoms with E-state index in [0.29, 0.717) is 30.0 Å². The fourth-order valence-electron chi connectivity index (χ4n) is 2.98. The number of rotatable bonds is 7. The molecule has 0 spiro atoms. The number of allylic oxidation sites excluding steroid dienone is 1. The van der Waals surface area contributed by atoms with Gasteiger partial charge in [0, 0.05) is 56.7 Å². The van der Waals surface area contributed by atoms with Crippen LogP contribution in [-0.4, -0.2) is 66.8 Å². The number of anilines is 1. The van der Waals surface area contributed by atoms with Gasteiger partial charge in [-0.3, -0.25) is 24.3 Å². The van der Waals surface area contributed by atoms with E-state index >= 15 is 0 Å². The van der Waals surface area contributed by atoms with Crippen LogP contribution in [0, 0.1) is 0 Å². The molecule has 0 radical (unpaired) electrons. The molecule has 8 heteroatoms. The zero-order valence-corrected chi connectivity index (χ0v) is 16.6. The molecule has 1 saturated heterocycles. The van der Waals surface area contributed by atoms with Crippen LogP contribution in [0.5, 0.6) is 0 Å². The summed E-state index contributed by atoms with van der Waals surface area (Å²) in [6, 6.07) is 11.8. The van der Waals surface area contributed by atoms with Crippen LogP contribution in [0.1, 0.15) is 16.1 Å². The number of aromatic nitrogens is 1. The fourth-order valence-corrected chi connectivity index (χ4v) is 2.98. The van der Waals surface area contributed by atoms with Gasteiger partial charge in [0.1, 0.15) is 0 Å². The first-order chi connectivity index (χ1) is 14.6. The monoisotopic (exact) mass is 407 g/mol. The summed E-state index contributed by atoms with van der Waals surface area (Å²) >= 11 is 0. The van der Waals surface area contributed by atoms with Crippen LogP contribution in [0.4, 0.5) is 5.69 Å². The van der Waals surface area contributed by atoms with Crippen LogP contribution in [0.15, 0.2) is 54.7 Å². The zero-order valence-electron chi connectivity index (χ0n) is 16.6. The predicted molar refractivity (Wildman–Crippen MR) is 115 cm³/mol. The molecule has 0 bridgehead atoms. The number of hydrogen-bond acceptors (Lipinski definition) is 6. The number of benzene rings is 1. The van der Waals surface area contributed by atoms with Crippen molar-refractivity contribution in [2.75, 3.05) is 44.6 Å². The molecule has 1 aromatic carbocycles. The second-order valence-corrected chi connectivity index (χ2v) is 6.83. The van der Waals surface area contributed by atoms with E-state index in [0.717, 1.165) is 26.2 Å². The molecule has 8 nitrogen and oxygen atoms in total. The summed E-state index contributed by atoms with van der Waals surface area (Å²) in [5, 5.41) is 8.43. The van der Waals surface area contributed by atoms with E-state index in [2.05, 4.69) is 25.8 Å². The second kappa shape index (κ2) is 11.0. The van der Waals surface area contributed by atoms with Crippen LogP contribution in [0.25, 0.3) is 6.08 Å². The van der Waals surface area contributed by atoms with Crippen molar-refractivity contribution in [3.63, 3.8) is 0 Å². The minimum atomic E-state index is -0.732. The van der Waals surface area contributed by atoms with Gasteiger partial charge in [-0.05, 0) is 48.6 Å². The summed E-state index contributed by atoms with van der Waals surface area (Å²) in [6.45, 7) is 4.87. The molecule has 0 aliphatic carbocycles. The third-order valence-electron chi connectivity index (χ3n) is 4.65. The highest BCUT2D eigenvalue weighted by atomic mass is 16.2. The van der Waals surface area contributed by atoms with E-state index in [9.17, 15) is 14.4 Å². The molecular formula is C22H25N5O3. The number of pyridine rings is 1. The summed E-state index contributed by atoms with van der Waals surface area (Å²) in [5.41, 5.74) is 1.61. The van der Waals surface area contributed by atoms with Gasteiger partial charge >= 0.3 is 11.8 Å². The van der Waals surface area contributed by atoms with E-state index in [1.165, 1.54) is 6.08 Å². The Balaban J connectivity index is 1.44. The van der Waals surface area contributed by atoms with Crippen molar-refractivity contribution in [3.8, 4) is 0 Å². The molecule has 156 valence electrons. The Morgan fingerprint density at radius 2 is 1.80 bits per heavy atom. The Morgan fingerprint density at radius 3 is 2.50 bits per heavy atom. The van der Waals surface area contributed by atoms with Gasteiger partial charge in [-0.25, -0.2) is 0 Å². The summed E-state index contributed by atoms with van der Waals surface area (Å²) in [5.74, 6) is -1.59. The largest absolute Gasteiger partial charge is 0.347 e. The van der Waals surface area contributed by atoms with E-state index in [1.807, 2.05) is 6.07 Å². The van der Waals surface area contributed by atoms with Gasteiger partial charge in [-0.2, -0.15) is 0 Å². The lowest BCUT2D eigenvalue weighted by atomic mass is 10.1. The van der Waals surface area contributed by atoms with Crippen molar-refractivity contribution in [2.45, 2.75) is 0 Å². The average molecular weight is 407 g/mol. The predicted octanol–water partition coefficient (Wildman–Crippen LogP) is 0.938. The van der Waals surface area contributed by atoms with Gasteiger partial charge in [0.15, 0.2) is 5.78 Å². The Bertz CT molecular complexity index is 891. The van der Waals surface area contributed by atoms with Crippen molar-refractivity contribution in [1.82, 2.24) is 20.5 Å². The number of ketones is 1. The molecule has 1 aliphatic heterocycles.